The van der Waals surface area contributed by atoms with Gasteiger partial charge in [0.25, 0.3) is 5.91 Å². The molecule has 2 saturated heterocycles. The molecule has 2 N–H and O–H groups in total. The highest BCUT2D eigenvalue weighted by molar-refractivity contribution is 9.10. The van der Waals surface area contributed by atoms with Gasteiger partial charge in [-0.1, -0.05) is 29.8 Å². The lowest BCUT2D eigenvalue weighted by atomic mass is 10.0. The van der Waals surface area contributed by atoms with Gasteiger partial charge in [-0.2, -0.15) is 0 Å². The number of nitrogens with one attached hydrogen (secondary N) is 2. The Labute approximate surface area is 325 Å². The molecule has 0 bridgehead atoms. The zero-order valence-corrected chi connectivity index (χ0v) is 32.9. The van der Waals surface area contributed by atoms with E-state index in [4.69, 9.17) is 37.4 Å². The van der Waals surface area contributed by atoms with E-state index in [1.54, 1.807) is 56.0 Å². The van der Waals surface area contributed by atoms with Crippen molar-refractivity contribution in [2.45, 2.75) is 50.8 Å². The van der Waals surface area contributed by atoms with Crippen molar-refractivity contribution in [2.24, 2.45) is 0 Å². The Bertz CT molecular complexity index is 1790. The van der Waals surface area contributed by atoms with Crippen molar-refractivity contribution in [3.63, 3.8) is 0 Å². The third-order valence-electron chi connectivity index (χ3n) is 7.75. The molecule has 0 aliphatic carbocycles. The maximum atomic E-state index is 12.3. The Morgan fingerprint density at radius 3 is 2.23 bits per heavy atom. The van der Waals surface area contributed by atoms with Crippen molar-refractivity contribution < 1.29 is 33.4 Å². The summed E-state index contributed by atoms with van der Waals surface area (Å²) in [5, 5.41) is 6.16. The number of aromatic nitrogens is 4. The summed E-state index contributed by atoms with van der Waals surface area (Å²) in [4.78, 5) is 67.3. The van der Waals surface area contributed by atoms with E-state index < -0.39 is 30.0 Å². The first kappa shape index (κ1) is 41.7. The van der Waals surface area contributed by atoms with E-state index in [1.165, 1.54) is 24.4 Å². The van der Waals surface area contributed by atoms with Gasteiger partial charge in [-0.05, 0) is 91.3 Å². The predicted octanol–water partition coefficient (Wildman–Crippen LogP) is 4.60. The molecule has 2 aliphatic heterocycles. The number of carbonyl (C=O) groups is 4. The molecule has 0 spiro atoms. The summed E-state index contributed by atoms with van der Waals surface area (Å²) in [5.41, 5.74) is 2.03. The number of carbonyl (C=O) groups excluding carboxylic acids is 4. The minimum atomic E-state index is -0.716. The highest BCUT2D eigenvalue weighted by Gasteiger charge is 2.34. The molecule has 5 heterocycles. The fraction of sp³-hybridized carbons (Fsp3) is 0.429. The van der Waals surface area contributed by atoms with E-state index in [9.17, 15) is 19.2 Å². The molecule has 0 aromatic carbocycles. The molecule has 3 aromatic rings. The zero-order chi connectivity index (χ0) is 38.9. The fourth-order valence-electron chi connectivity index (χ4n) is 5.45. The molecule has 18 heteroatoms. The van der Waals surface area contributed by atoms with Gasteiger partial charge in [0.2, 0.25) is 5.91 Å². The van der Waals surface area contributed by atoms with Crippen LogP contribution >= 0.6 is 39.1 Å². The van der Waals surface area contributed by atoms with Crippen molar-refractivity contribution >= 4 is 63.3 Å². The van der Waals surface area contributed by atoms with E-state index >= 15 is 0 Å². The number of pyridine rings is 2. The van der Waals surface area contributed by atoms with Gasteiger partial charge in [0.15, 0.2) is 6.29 Å². The summed E-state index contributed by atoms with van der Waals surface area (Å²) in [6, 6.07) is 8.44. The molecular weight excluding hydrogens is 795 g/mol. The molecule has 0 saturated carbocycles. The largest absolute Gasteiger partial charge is 0.444 e. The number of amides is 3. The number of hydrogen-bond acceptors (Lipinski definition) is 12. The minimum Gasteiger partial charge on any atom is -0.444 e. The van der Waals surface area contributed by atoms with Crippen LogP contribution in [0.1, 0.15) is 54.6 Å². The quantitative estimate of drug-likeness (QED) is 0.184. The van der Waals surface area contributed by atoms with Crippen LogP contribution in [0, 0.1) is 0 Å². The lowest BCUT2D eigenvalue weighted by Gasteiger charge is -2.38. The molecule has 284 valence electrons. The van der Waals surface area contributed by atoms with E-state index in [2.05, 4.69) is 53.1 Å². The first-order valence-corrected chi connectivity index (χ1v) is 18.0. The summed E-state index contributed by atoms with van der Waals surface area (Å²) < 4.78 is 17.8. The molecule has 0 unspecified atom stereocenters. The van der Waals surface area contributed by atoms with Crippen molar-refractivity contribution in [1.29, 1.82) is 0 Å². The summed E-state index contributed by atoms with van der Waals surface area (Å²) in [6.45, 7) is 10.8. The first-order chi connectivity index (χ1) is 25.1. The van der Waals surface area contributed by atoms with Crippen LogP contribution in [0.25, 0.3) is 11.4 Å². The monoisotopic (exact) mass is 834 g/mol. The normalized spacial score (nSPS) is 20.1. The summed E-state index contributed by atoms with van der Waals surface area (Å²) in [7, 11) is 3.35. The Balaban J connectivity index is 0.000000245. The maximum Gasteiger partial charge on any atom is 0.410 e. The van der Waals surface area contributed by atoms with E-state index in [0.717, 1.165) is 11.1 Å². The van der Waals surface area contributed by atoms with Crippen LogP contribution < -0.4 is 10.6 Å². The van der Waals surface area contributed by atoms with Gasteiger partial charge < -0.3 is 39.4 Å². The molecular formula is C35H41BrCl2N8O7. The lowest BCUT2D eigenvalue weighted by molar-refractivity contribution is -0.140. The third kappa shape index (κ3) is 12.0. The standard InChI is InChI=1S/C20H23ClN6O3.C15H18BrClN2O4/c1-4-19(28)27-9-13(8-22-2)30-17(10-27)12-5-15(26-18(21)6-12)14-7-16(20(29)23-3)25-11-24-14;1-15(2,3)23-14(21)19-6-10(8-20)22-11(7-19)9-4-12(16)18-13(17)5-9/h4-7,11,13,17,22H,1,8-10H2,2-3H3,(H,23,29);4-5,8,10-11H,6-7H2,1-3H3/t13-,17+;10-,11-/m10/s1. The van der Waals surface area contributed by atoms with Crippen LogP contribution in [0.15, 0.2) is 53.9 Å². The molecule has 0 radical (unpaired) electrons. The Hall–Kier alpha value is -4.06. The smallest absolute Gasteiger partial charge is 0.410 e. The number of likely N-dealkylation sites (N-methyl/N-ethyl adjacent to an activating group) is 1. The van der Waals surface area contributed by atoms with Gasteiger partial charge in [0, 0.05) is 20.1 Å². The van der Waals surface area contributed by atoms with Crippen LogP contribution in [-0.4, -0.2) is 119 Å². The van der Waals surface area contributed by atoms with E-state index in [1.807, 2.05) is 7.05 Å². The molecule has 2 aliphatic rings. The van der Waals surface area contributed by atoms with E-state index in [0.29, 0.717) is 47.1 Å². The van der Waals surface area contributed by atoms with Gasteiger partial charge in [0.05, 0.1) is 37.1 Å². The second kappa shape index (κ2) is 18.8. The predicted molar refractivity (Wildman–Crippen MR) is 200 cm³/mol. The van der Waals surface area contributed by atoms with Crippen molar-refractivity contribution in [1.82, 2.24) is 40.4 Å². The Morgan fingerprint density at radius 2 is 1.60 bits per heavy atom. The number of halogens is 3. The molecule has 4 atom stereocenters. The fourth-order valence-corrected chi connectivity index (χ4v) is 6.44. The van der Waals surface area contributed by atoms with Gasteiger partial charge in [-0.3, -0.25) is 9.59 Å². The van der Waals surface area contributed by atoms with Gasteiger partial charge in [0.1, 0.15) is 50.8 Å². The van der Waals surface area contributed by atoms with Crippen LogP contribution in [0.4, 0.5) is 4.79 Å². The number of nitrogens with zero attached hydrogens (tertiary/aromatic N) is 6. The maximum absolute atomic E-state index is 12.3. The van der Waals surface area contributed by atoms with E-state index in [-0.39, 0.29) is 41.9 Å². The average molecular weight is 837 g/mol. The Kier molecular flexibility index (Phi) is 14.8. The second-order valence-electron chi connectivity index (χ2n) is 13.0. The van der Waals surface area contributed by atoms with Crippen molar-refractivity contribution in [3.05, 3.63) is 81.0 Å². The summed E-state index contributed by atoms with van der Waals surface area (Å²) in [5.74, 6) is -0.485. The third-order valence-corrected chi connectivity index (χ3v) is 8.54. The number of hydrogen-bond donors (Lipinski definition) is 2. The summed E-state index contributed by atoms with van der Waals surface area (Å²) in [6.07, 6.45) is 1.01. The van der Waals surface area contributed by atoms with Crippen LogP contribution in [0.3, 0.4) is 0 Å². The molecule has 15 nitrogen and oxygen atoms in total. The average Bonchev–Trinajstić information content (AvgIpc) is 3.13. The van der Waals surface area contributed by atoms with Gasteiger partial charge in [-0.15, -0.1) is 0 Å². The number of ether oxygens (including phenoxy) is 3. The SMILES string of the molecule is C=CC(=O)N1C[C@@H](CNC)O[C@H](c2cc(Cl)nc(-c3cc(C(=O)NC)ncn3)c2)C1.CC(C)(C)OC(=O)N1C[C@@H](C=O)O[C@H](c2cc(Cl)nc(Br)c2)C1. The van der Waals surface area contributed by atoms with Crippen LogP contribution in [0.2, 0.25) is 10.3 Å². The van der Waals surface area contributed by atoms with Crippen LogP contribution in [-0.2, 0) is 23.8 Å². The second-order valence-corrected chi connectivity index (χ2v) is 14.5. The number of rotatable bonds is 8. The van der Waals surface area contributed by atoms with Crippen molar-refractivity contribution in [2.75, 3.05) is 46.8 Å². The van der Waals surface area contributed by atoms with Crippen LogP contribution in [0.5, 0.6) is 0 Å². The van der Waals surface area contributed by atoms with Gasteiger partial charge >= 0.3 is 6.09 Å². The first-order valence-electron chi connectivity index (χ1n) is 16.5. The topological polar surface area (TPSA) is 178 Å². The molecule has 5 rings (SSSR count). The molecule has 3 aromatic heterocycles. The summed E-state index contributed by atoms with van der Waals surface area (Å²) >= 11 is 15.5. The Morgan fingerprint density at radius 1 is 0.943 bits per heavy atom. The highest BCUT2D eigenvalue weighted by Crippen LogP contribution is 2.31. The zero-order valence-electron chi connectivity index (χ0n) is 29.8. The number of aldehydes is 1. The minimum absolute atomic E-state index is 0.157. The molecule has 53 heavy (non-hydrogen) atoms. The highest BCUT2D eigenvalue weighted by atomic mass is 79.9. The van der Waals surface area contributed by atoms with Crippen molar-refractivity contribution in [3.8, 4) is 11.4 Å². The molecule has 3 amide bonds. The van der Waals surface area contributed by atoms with Gasteiger partial charge in [-0.25, -0.2) is 24.7 Å². The lowest BCUT2D eigenvalue weighted by Crippen LogP contribution is -2.49. The molecule has 2 fully saturated rings. The number of morpholine rings is 2.